The number of halogens is 3. The van der Waals surface area contributed by atoms with Gasteiger partial charge in [-0.25, -0.2) is 0 Å². The summed E-state index contributed by atoms with van der Waals surface area (Å²) in [6.45, 7) is 1.36. The van der Waals surface area contributed by atoms with E-state index in [1.165, 1.54) is 19.1 Å². The molecule has 0 unspecified atom stereocenters. The van der Waals surface area contributed by atoms with Gasteiger partial charge in [-0.3, -0.25) is 4.79 Å². The summed E-state index contributed by atoms with van der Waals surface area (Å²) < 4.78 is 37.2. The van der Waals surface area contributed by atoms with Crippen molar-refractivity contribution in [1.29, 1.82) is 0 Å². The summed E-state index contributed by atoms with van der Waals surface area (Å²) in [5.74, 6) is -0.204. The first-order chi connectivity index (χ1) is 7.38. The van der Waals surface area contributed by atoms with Crippen LogP contribution in [-0.2, 0) is 6.18 Å². The van der Waals surface area contributed by atoms with E-state index < -0.39 is 11.7 Å². The first kappa shape index (κ1) is 10.7. The Labute approximate surface area is 89.1 Å². The van der Waals surface area contributed by atoms with Crippen LogP contribution in [0.3, 0.4) is 0 Å². The van der Waals surface area contributed by atoms with Gasteiger partial charge >= 0.3 is 6.18 Å². The van der Waals surface area contributed by atoms with Gasteiger partial charge < -0.3 is 4.98 Å². The fourth-order valence-corrected chi connectivity index (χ4v) is 1.50. The average molecular weight is 227 g/mol. The van der Waals surface area contributed by atoms with Crippen LogP contribution in [-0.4, -0.2) is 10.8 Å². The van der Waals surface area contributed by atoms with Gasteiger partial charge in [-0.15, -0.1) is 0 Å². The van der Waals surface area contributed by atoms with Crippen LogP contribution in [0.2, 0.25) is 0 Å². The third-order valence-corrected chi connectivity index (χ3v) is 2.33. The fourth-order valence-electron chi connectivity index (χ4n) is 1.50. The molecule has 1 heterocycles. The van der Waals surface area contributed by atoms with Crippen LogP contribution >= 0.6 is 0 Å². The normalized spacial score (nSPS) is 12.0. The average Bonchev–Trinajstić information content (AvgIpc) is 2.58. The van der Waals surface area contributed by atoms with Gasteiger partial charge in [-0.1, -0.05) is 0 Å². The minimum Gasteiger partial charge on any atom is -0.352 e. The zero-order valence-electron chi connectivity index (χ0n) is 8.35. The number of hydrogen-bond acceptors (Lipinski definition) is 1. The maximum atomic E-state index is 12.4. The minimum atomic E-state index is -4.36. The minimum absolute atomic E-state index is 0.204. The molecule has 0 aliphatic rings. The van der Waals surface area contributed by atoms with Gasteiger partial charge in [-0.05, 0) is 24.3 Å². The van der Waals surface area contributed by atoms with Gasteiger partial charge in [0.15, 0.2) is 5.78 Å². The molecule has 0 aliphatic heterocycles. The maximum Gasteiger partial charge on any atom is 0.416 e. The zero-order chi connectivity index (χ0) is 11.9. The van der Waals surface area contributed by atoms with Gasteiger partial charge in [0.2, 0.25) is 0 Å². The molecule has 1 aromatic heterocycles. The lowest BCUT2D eigenvalue weighted by molar-refractivity contribution is -0.137. The number of aromatic nitrogens is 1. The van der Waals surface area contributed by atoms with Gasteiger partial charge in [0.25, 0.3) is 0 Å². The molecule has 0 radical (unpaired) electrons. The standard InChI is InChI=1S/C11H8F3NO/c1-6(16)10-5-7-4-8(11(12,13)14)2-3-9(7)15-10/h2-5,15H,1H3. The number of benzene rings is 1. The number of alkyl halides is 3. The van der Waals surface area contributed by atoms with Gasteiger partial charge in [0, 0.05) is 17.8 Å². The van der Waals surface area contributed by atoms with Gasteiger partial charge in [0.1, 0.15) is 0 Å². The lowest BCUT2D eigenvalue weighted by atomic mass is 10.1. The largest absolute Gasteiger partial charge is 0.416 e. The number of fused-ring (bicyclic) bond motifs is 1. The number of carbonyl (C=O) groups is 1. The van der Waals surface area contributed by atoms with E-state index in [0.717, 1.165) is 12.1 Å². The van der Waals surface area contributed by atoms with Crippen LogP contribution in [0.15, 0.2) is 24.3 Å². The monoisotopic (exact) mass is 227 g/mol. The van der Waals surface area contributed by atoms with E-state index in [1.807, 2.05) is 0 Å². The smallest absolute Gasteiger partial charge is 0.352 e. The second-order valence-electron chi connectivity index (χ2n) is 3.54. The quantitative estimate of drug-likeness (QED) is 0.744. The van der Waals surface area contributed by atoms with E-state index in [9.17, 15) is 18.0 Å². The molecular formula is C11H8F3NO. The van der Waals surface area contributed by atoms with Crippen molar-refractivity contribution < 1.29 is 18.0 Å². The lowest BCUT2D eigenvalue weighted by Crippen LogP contribution is -2.03. The third-order valence-electron chi connectivity index (χ3n) is 2.33. The van der Waals surface area contributed by atoms with E-state index in [2.05, 4.69) is 4.98 Å². The highest BCUT2D eigenvalue weighted by molar-refractivity contribution is 5.98. The van der Waals surface area contributed by atoms with Crippen molar-refractivity contribution in [3.05, 3.63) is 35.5 Å². The SMILES string of the molecule is CC(=O)c1cc2cc(C(F)(F)F)ccc2[nH]1. The predicted molar refractivity (Wildman–Crippen MR) is 53.3 cm³/mol. The van der Waals surface area contributed by atoms with Crippen LogP contribution in [0.1, 0.15) is 23.0 Å². The molecule has 84 valence electrons. The molecule has 0 spiro atoms. The molecule has 0 atom stereocenters. The molecule has 1 N–H and O–H groups in total. The molecule has 16 heavy (non-hydrogen) atoms. The number of aromatic amines is 1. The Bertz CT molecular complexity index is 554. The summed E-state index contributed by atoms with van der Waals surface area (Å²) in [5.41, 5.74) is 0.127. The predicted octanol–water partition coefficient (Wildman–Crippen LogP) is 3.39. The van der Waals surface area contributed by atoms with Crippen molar-refractivity contribution >= 4 is 16.7 Å². The Balaban J connectivity index is 2.58. The number of H-pyrrole nitrogens is 1. The summed E-state index contributed by atoms with van der Waals surface area (Å²) in [4.78, 5) is 13.8. The second kappa shape index (κ2) is 3.37. The van der Waals surface area contributed by atoms with Crippen molar-refractivity contribution in [2.75, 3.05) is 0 Å². The Hall–Kier alpha value is -1.78. The fraction of sp³-hybridized carbons (Fsp3) is 0.182. The van der Waals surface area contributed by atoms with Gasteiger partial charge in [-0.2, -0.15) is 13.2 Å². The van der Waals surface area contributed by atoms with Gasteiger partial charge in [0.05, 0.1) is 11.3 Å². The molecule has 2 nitrogen and oxygen atoms in total. The van der Waals surface area contributed by atoms with Crippen LogP contribution in [0.5, 0.6) is 0 Å². The molecule has 0 amide bonds. The third kappa shape index (κ3) is 1.80. The van der Waals surface area contributed by atoms with Crippen molar-refractivity contribution in [3.63, 3.8) is 0 Å². The molecule has 1 aromatic carbocycles. The first-order valence-electron chi connectivity index (χ1n) is 4.59. The number of rotatable bonds is 1. The lowest BCUT2D eigenvalue weighted by Gasteiger charge is -2.05. The van der Waals surface area contributed by atoms with Crippen LogP contribution < -0.4 is 0 Å². The molecule has 2 aromatic rings. The maximum absolute atomic E-state index is 12.4. The Morgan fingerprint density at radius 3 is 2.50 bits per heavy atom. The van der Waals surface area contributed by atoms with Crippen molar-refractivity contribution in [3.8, 4) is 0 Å². The molecule has 5 heteroatoms. The number of ketones is 1. The second-order valence-corrected chi connectivity index (χ2v) is 3.54. The summed E-state index contributed by atoms with van der Waals surface area (Å²) >= 11 is 0. The summed E-state index contributed by atoms with van der Waals surface area (Å²) in [5, 5.41) is 0.389. The van der Waals surface area contributed by atoms with E-state index in [1.54, 1.807) is 0 Å². The van der Waals surface area contributed by atoms with E-state index in [4.69, 9.17) is 0 Å². The number of Topliss-reactive ketones (excluding diaryl/α,β-unsaturated/α-hetero) is 1. The molecule has 0 saturated heterocycles. The molecule has 0 bridgehead atoms. The van der Waals surface area contributed by atoms with Crippen molar-refractivity contribution in [2.24, 2.45) is 0 Å². The van der Waals surface area contributed by atoms with E-state index >= 15 is 0 Å². The number of hydrogen-bond donors (Lipinski definition) is 1. The Morgan fingerprint density at radius 2 is 1.94 bits per heavy atom. The molecule has 0 fully saturated rings. The molecule has 2 rings (SSSR count). The molecule has 0 aliphatic carbocycles. The summed E-state index contributed by atoms with van der Waals surface area (Å²) in [7, 11) is 0. The van der Waals surface area contributed by atoms with Crippen LogP contribution in [0.4, 0.5) is 13.2 Å². The van der Waals surface area contributed by atoms with Crippen molar-refractivity contribution in [2.45, 2.75) is 13.1 Å². The topological polar surface area (TPSA) is 32.9 Å². The van der Waals surface area contributed by atoms with E-state index in [-0.39, 0.29) is 5.78 Å². The number of carbonyl (C=O) groups excluding carboxylic acids is 1. The molecular weight excluding hydrogens is 219 g/mol. The first-order valence-corrected chi connectivity index (χ1v) is 4.59. The van der Waals surface area contributed by atoms with Crippen LogP contribution in [0, 0.1) is 0 Å². The molecule has 0 saturated carbocycles. The highest BCUT2D eigenvalue weighted by Gasteiger charge is 2.30. The number of nitrogens with one attached hydrogen (secondary N) is 1. The Morgan fingerprint density at radius 1 is 1.25 bits per heavy atom. The van der Waals surface area contributed by atoms with Crippen LogP contribution in [0.25, 0.3) is 10.9 Å². The highest BCUT2D eigenvalue weighted by atomic mass is 19.4. The Kier molecular flexibility index (Phi) is 2.26. The summed E-state index contributed by atoms with van der Waals surface area (Å²) in [6.07, 6.45) is -4.36. The summed E-state index contributed by atoms with van der Waals surface area (Å²) in [6, 6.07) is 4.76. The van der Waals surface area contributed by atoms with Crippen molar-refractivity contribution in [1.82, 2.24) is 4.98 Å². The van der Waals surface area contributed by atoms with E-state index in [0.29, 0.717) is 16.6 Å². The highest BCUT2D eigenvalue weighted by Crippen LogP contribution is 2.31. The zero-order valence-corrected chi connectivity index (χ0v) is 8.35.